The molecule has 0 spiro atoms. The van der Waals surface area contributed by atoms with Crippen LogP contribution in [-0.4, -0.2) is 130 Å². The summed E-state index contributed by atoms with van der Waals surface area (Å²) in [5.41, 5.74) is 22.2. The van der Waals surface area contributed by atoms with Crippen LogP contribution in [0.2, 0.25) is 0 Å². The van der Waals surface area contributed by atoms with Crippen molar-refractivity contribution in [3.05, 3.63) is 389 Å². The maximum atomic E-state index is 9.76. The molecule has 8 atom stereocenters. The normalized spacial score (nSPS) is 12.4. The summed E-state index contributed by atoms with van der Waals surface area (Å²) in [6.45, 7) is 27.3. The summed E-state index contributed by atoms with van der Waals surface area (Å²) >= 11 is 0. The Morgan fingerprint density at radius 2 is 0.420 bits per heavy atom. The third-order valence-electron chi connectivity index (χ3n) is 22.7. The van der Waals surface area contributed by atoms with E-state index in [9.17, 15) is 25.5 Å². The Balaban J connectivity index is 0.000000295. The van der Waals surface area contributed by atoms with E-state index in [1.54, 1.807) is 6.92 Å². The Kier molecular flexibility index (Phi) is 55.7. The maximum absolute atomic E-state index is 9.76. The molecule has 4 radical (unpaired) electrons. The van der Waals surface area contributed by atoms with Crippen molar-refractivity contribution in [3.8, 4) is 135 Å². The van der Waals surface area contributed by atoms with E-state index in [2.05, 4.69) is 72.8 Å². The molecule has 143 heavy (non-hydrogen) atoms. The fraction of sp³-hybridized carbons (Fsp3) is 0.285. The molecule has 0 aliphatic heterocycles. The molecule has 16 aromatic rings. The third kappa shape index (κ3) is 41.7. The number of nitrogens with zero attached hydrogens (tertiary/aromatic N) is 8. The zero-order chi connectivity index (χ0) is 100.0. The first-order valence-corrected chi connectivity index (χ1v) is 48.2. The second kappa shape index (κ2) is 64.9. The second-order valence-corrected chi connectivity index (χ2v) is 37.3. The van der Waals surface area contributed by atoms with Gasteiger partial charge in [-0.2, -0.15) is 0 Å². The van der Waals surface area contributed by atoms with E-state index in [1.165, 1.54) is 0 Å². The van der Waals surface area contributed by atoms with Crippen molar-refractivity contribution >= 4 is 0 Å². The van der Waals surface area contributed by atoms with Gasteiger partial charge in [0.2, 0.25) is 0 Å². The van der Waals surface area contributed by atoms with Crippen molar-refractivity contribution in [2.24, 2.45) is 16.2 Å². The van der Waals surface area contributed by atoms with E-state index in [-0.39, 0.29) is 121 Å². The van der Waals surface area contributed by atoms with Crippen molar-refractivity contribution < 1.29 is 121 Å². The van der Waals surface area contributed by atoms with E-state index in [1.807, 2.05) is 406 Å². The van der Waals surface area contributed by atoms with Crippen LogP contribution in [-0.2, 0) is 80.4 Å². The molecule has 0 saturated carbocycles. The molecule has 12 aromatic carbocycles. The van der Waals surface area contributed by atoms with Crippen molar-refractivity contribution in [2.45, 2.75) is 210 Å². The number of benzene rings is 12. The molecule has 16 rings (SSSR count). The van der Waals surface area contributed by atoms with Crippen LogP contribution in [0.25, 0.3) is 135 Å². The number of hydrogen-bond acceptors (Lipinski definition) is 16. The summed E-state index contributed by atoms with van der Waals surface area (Å²) in [7, 11) is 0. The molecule has 0 bridgehead atoms. The molecule has 0 aliphatic carbocycles. The molecule has 4 aromatic heterocycles. The van der Waals surface area contributed by atoms with Crippen molar-refractivity contribution in [3.63, 3.8) is 0 Å². The van der Waals surface area contributed by atoms with Gasteiger partial charge in [0.05, 0.1) is 94.4 Å². The Labute approximate surface area is 903 Å². The van der Waals surface area contributed by atoms with Gasteiger partial charge < -0.3 is 60.8 Å². The van der Waals surface area contributed by atoms with Crippen molar-refractivity contribution in [2.75, 3.05) is 0 Å². The third-order valence-corrected chi connectivity index (χ3v) is 22.7. The molecule has 4 heterocycles. The average Bonchev–Trinajstić information content (AvgIpc) is 0.807. The van der Waals surface area contributed by atoms with E-state index >= 15 is 0 Å². The smallest absolute Gasteiger partial charge is 0.0873 e. The molecular weight excluding hydrogens is 2490 g/mol. The number of aliphatic hydroxyl groups is 8. The first-order chi connectivity index (χ1) is 67.0. The molecule has 20 heteroatoms. The number of aliphatic hydroxyl groups excluding tert-OH is 8. The zero-order valence-electron chi connectivity index (χ0n) is 84.3. The van der Waals surface area contributed by atoms with Gasteiger partial charge in [0, 0.05) is 157 Å². The van der Waals surface area contributed by atoms with Crippen molar-refractivity contribution in [1.82, 2.24) is 39.9 Å². The van der Waals surface area contributed by atoms with Crippen LogP contribution in [0.1, 0.15) is 161 Å². The predicted octanol–water partition coefficient (Wildman–Crippen LogP) is 27.1. The molecule has 8 unspecified atom stereocenters. The number of rotatable bonds is 26. The Morgan fingerprint density at radius 3 is 0.587 bits per heavy atom. The van der Waals surface area contributed by atoms with Gasteiger partial charge in [-0.15, -0.1) is 144 Å². The average molecular weight is 2630 g/mol. The summed E-state index contributed by atoms with van der Waals surface area (Å²) < 4.78 is 0. The van der Waals surface area contributed by atoms with E-state index in [0.717, 1.165) is 174 Å². The molecular formula is C123H138Ir4N8O8-4. The molecule has 16 nitrogen and oxygen atoms in total. The topological polar surface area (TPSA) is 265 Å². The van der Waals surface area contributed by atoms with Gasteiger partial charge in [0.25, 0.3) is 0 Å². The minimum Gasteiger partial charge on any atom is -0.393 e. The van der Waals surface area contributed by atoms with E-state index < -0.39 is 24.4 Å². The van der Waals surface area contributed by atoms with Crippen LogP contribution in [0.15, 0.2) is 365 Å². The SMILES string of the molecule is CC(C)(C)C(O)CC(O)C(C)(C)C.CC(O)CC(O)C(C)(C)C.CCC(O)CC(O)CC.CCCC(O)CC(O)CCC.[Ir].[Ir].[Ir].[Ir].[c-]1ccccc1-c1ncc(-c2ccccc2)nc1-c1ccccc1.[c-]1ccccc1-c1ncc(-c2ccccc2)nc1-c1ccccc1.[c-]1ccccc1-c1ncc(-c2ccccc2)nc1-c1ccccc1.[c-]1ccccc1-c1ncc(-c2ccccc2)nc1-c1ccccc1. The van der Waals surface area contributed by atoms with Gasteiger partial charge in [-0.3, -0.25) is 19.9 Å². The van der Waals surface area contributed by atoms with Crippen LogP contribution < -0.4 is 0 Å². The summed E-state index contributed by atoms with van der Waals surface area (Å²) in [6.07, 6.45) is 11.4. The molecule has 0 aliphatic rings. The first-order valence-electron chi connectivity index (χ1n) is 48.2. The first kappa shape index (κ1) is 123. The predicted molar refractivity (Wildman–Crippen MR) is 570 cm³/mol. The fourth-order valence-electron chi connectivity index (χ4n) is 14.1. The Bertz CT molecular complexity index is 5420. The van der Waals surface area contributed by atoms with Crippen LogP contribution in [0.5, 0.6) is 0 Å². The summed E-state index contributed by atoms with van der Waals surface area (Å²) in [4.78, 5) is 38.5. The van der Waals surface area contributed by atoms with Gasteiger partial charge in [0.1, 0.15) is 0 Å². The Hall–Kier alpha value is -10.8. The molecule has 0 saturated heterocycles. The molecule has 0 fully saturated rings. The van der Waals surface area contributed by atoms with Gasteiger partial charge in [-0.1, -0.05) is 346 Å². The van der Waals surface area contributed by atoms with Crippen molar-refractivity contribution in [1.29, 1.82) is 0 Å². The Morgan fingerprint density at radius 1 is 0.231 bits per heavy atom. The summed E-state index contributed by atoms with van der Waals surface area (Å²) in [5, 5.41) is 74.4. The summed E-state index contributed by atoms with van der Waals surface area (Å²) in [5.74, 6) is 0. The van der Waals surface area contributed by atoms with E-state index in [4.69, 9.17) is 55.2 Å². The monoisotopic (exact) mass is 2630 g/mol. The second-order valence-electron chi connectivity index (χ2n) is 37.3. The summed E-state index contributed by atoms with van der Waals surface area (Å²) in [6, 6.07) is 126. The zero-order valence-corrected chi connectivity index (χ0v) is 93.9. The number of hydrogen-bond donors (Lipinski definition) is 8. The van der Waals surface area contributed by atoms with E-state index in [0.29, 0.717) is 25.7 Å². The van der Waals surface area contributed by atoms with Gasteiger partial charge in [0.15, 0.2) is 0 Å². The standard InChI is InChI=1S/4C22H15N2.C11H24O2.C9H20O2.C8H18O2.C7H16O2.4Ir/c4*1-4-10-17(11-5-1)20-16-23-21(18-12-6-2-7-13-18)22(24-20)19-14-8-3-9-15-19;1-10(2,3)8(12)7-9(13)11(4,5)6;1-3-5-8(10)7-9(11)6-4-2;1-6(9)5-7(10)8(2,3)4;1-3-6(8)5-7(9)4-2;;;;/h4*1-12,14-16H;8-9,12-13H,7H2,1-6H3;8-11H,3-7H2,1-2H3;6-7,9-10H,5H2,1-4H3;6-9H,3-5H2,1-2H3;;;;/q4*-1;;;;;;;;. The van der Waals surface area contributed by atoms with Crippen LogP contribution >= 0.6 is 0 Å². The van der Waals surface area contributed by atoms with Crippen LogP contribution in [0, 0.1) is 40.5 Å². The van der Waals surface area contributed by atoms with Crippen LogP contribution in [0.4, 0.5) is 0 Å². The molecule has 8 N–H and O–H groups in total. The fourth-order valence-corrected chi connectivity index (χ4v) is 14.1. The molecule has 0 amide bonds. The van der Waals surface area contributed by atoms with Gasteiger partial charge in [-0.25, -0.2) is 0 Å². The quantitative estimate of drug-likeness (QED) is 0.0234. The molecule has 758 valence electrons. The minimum absolute atomic E-state index is 0. The van der Waals surface area contributed by atoms with Crippen LogP contribution in [0.3, 0.4) is 0 Å². The maximum Gasteiger partial charge on any atom is 0.0873 e. The van der Waals surface area contributed by atoms with Gasteiger partial charge in [-0.05, 0) is 90.4 Å². The van der Waals surface area contributed by atoms with Gasteiger partial charge >= 0.3 is 0 Å². The number of aromatic nitrogens is 8. The minimum atomic E-state index is -0.443. The largest absolute Gasteiger partial charge is 0.393 e.